The Hall–Kier alpha value is -1.68. The van der Waals surface area contributed by atoms with E-state index in [9.17, 15) is 0 Å². The van der Waals surface area contributed by atoms with E-state index in [-0.39, 0.29) is 24.0 Å². The fourth-order valence-corrected chi connectivity index (χ4v) is 2.22. The first-order valence-electron chi connectivity index (χ1n) is 8.22. The van der Waals surface area contributed by atoms with Gasteiger partial charge in [0.25, 0.3) is 0 Å². The Morgan fingerprint density at radius 1 is 1.28 bits per heavy atom. The monoisotopic (exact) mass is 458 g/mol. The molecule has 2 N–H and O–H groups in total. The van der Waals surface area contributed by atoms with Crippen molar-refractivity contribution in [3.8, 4) is 5.82 Å². The normalized spacial score (nSPS) is 11.1. The molecule has 2 heterocycles. The highest BCUT2D eigenvalue weighted by atomic mass is 127. The average molecular weight is 458 g/mol. The summed E-state index contributed by atoms with van der Waals surface area (Å²) < 4.78 is 7.27. The highest BCUT2D eigenvalue weighted by Crippen LogP contribution is 2.08. The molecule has 0 spiro atoms. The van der Waals surface area contributed by atoms with Crippen molar-refractivity contribution in [3.05, 3.63) is 42.1 Å². The van der Waals surface area contributed by atoms with Crippen molar-refractivity contribution < 1.29 is 4.74 Å². The summed E-state index contributed by atoms with van der Waals surface area (Å²) in [6.07, 6.45) is 6.50. The van der Waals surface area contributed by atoms with Crippen molar-refractivity contribution in [1.82, 2.24) is 25.2 Å². The number of aryl methyl sites for hydroxylation is 1. The summed E-state index contributed by atoms with van der Waals surface area (Å²) in [6.45, 7) is 6.98. The SMILES string of the molecule is CCOCCCNC(=NC)NCc1ccc(-n2ccnc2C)nc1.I. The molecule has 2 aromatic rings. The number of aromatic nitrogens is 3. The van der Waals surface area contributed by atoms with E-state index in [2.05, 4.69) is 31.7 Å². The van der Waals surface area contributed by atoms with Crippen LogP contribution in [0.25, 0.3) is 5.82 Å². The van der Waals surface area contributed by atoms with Gasteiger partial charge in [0.05, 0.1) is 0 Å². The summed E-state index contributed by atoms with van der Waals surface area (Å²) in [7, 11) is 1.76. The van der Waals surface area contributed by atoms with Crippen molar-refractivity contribution in [2.75, 3.05) is 26.8 Å². The predicted molar refractivity (Wildman–Crippen MR) is 111 cm³/mol. The summed E-state index contributed by atoms with van der Waals surface area (Å²) in [5.74, 6) is 2.57. The van der Waals surface area contributed by atoms with Gasteiger partial charge in [-0.15, -0.1) is 24.0 Å². The van der Waals surface area contributed by atoms with E-state index in [1.165, 1.54) is 0 Å². The number of imidazole rings is 1. The zero-order chi connectivity index (χ0) is 17.2. The largest absolute Gasteiger partial charge is 0.382 e. The molecule has 0 aliphatic carbocycles. The third kappa shape index (κ3) is 6.99. The van der Waals surface area contributed by atoms with Crippen molar-refractivity contribution >= 4 is 29.9 Å². The van der Waals surface area contributed by atoms with Crippen LogP contribution in [-0.4, -0.2) is 47.3 Å². The third-order valence-corrected chi connectivity index (χ3v) is 3.53. The maximum absolute atomic E-state index is 5.31. The maximum atomic E-state index is 5.31. The molecule has 25 heavy (non-hydrogen) atoms. The number of halogens is 1. The molecule has 0 aliphatic rings. The lowest BCUT2D eigenvalue weighted by atomic mass is 10.3. The van der Waals surface area contributed by atoms with Gasteiger partial charge in [0.2, 0.25) is 0 Å². The smallest absolute Gasteiger partial charge is 0.191 e. The lowest BCUT2D eigenvalue weighted by Crippen LogP contribution is -2.37. The second-order valence-corrected chi connectivity index (χ2v) is 5.27. The van der Waals surface area contributed by atoms with Crippen molar-refractivity contribution in [2.24, 2.45) is 4.99 Å². The number of hydrogen-bond acceptors (Lipinski definition) is 4. The molecule has 0 unspecified atom stereocenters. The van der Waals surface area contributed by atoms with Crippen LogP contribution in [0.3, 0.4) is 0 Å². The summed E-state index contributed by atoms with van der Waals surface area (Å²) in [4.78, 5) is 12.9. The third-order valence-electron chi connectivity index (χ3n) is 3.53. The number of aliphatic imine (C=N–C) groups is 1. The van der Waals surface area contributed by atoms with Gasteiger partial charge in [-0.1, -0.05) is 6.07 Å². The Labute approximate surface area is 166 Å². The minimum absolute atomic E-state index is 0. The lowest BCUT2D eigenvalue weighted by Gasteiger charge is -2.12. The second-order valence-electron chi connectivity index (χ2n) is 5.27. The van der Waals surface area contributed by atoms with Gasteiger partial charge in [0.15, 0.2) is 5.96 Å². The molecule has 7 nitrogen and oxygen atoms in total. The van der Waals surface area contributed by atoms with Crippen molar-refractivity contribution in [1.29, 1.82) is 0 Å². The van der Waals surface area contributed by atoms with Gasteiger partial charge in [0, 0.05) is 51.9 Å². The van der Waals surface area contributed by atoms with Gasteiger partial charge >= 0.3 is 0 Å². The van der Waals surface area contributed by atoms with Crippen LogP contribution in [0.2, 0.25) is 0 Å². The van der Waals surface area contributed by atoms with Crippen LogP contribution in [0.15, 0.2) is 35.7 Å². The molecule has 8 heteroatoms. The predicted octanol–water partition coefficient (Wildman–Crippen LogP) is 2.29. The first kappa shape index (κ1) is 21.4. The van der Waals surface area contributed by atoms with Gasteiger partial charge in [0.1, 0.15) is 11.6 Å². The number of nitrogens with zero attached hydrogens (tertiary/aromatic N) is 4. The number of rotatable bonds is 8. The molecule has 0 aliphatic heterocycles. The number of guanidine groups is 1. The molecule has 2 aromatic heterocycles. The van der Waals surface area contributed by atoms with Crippen LogP contribution in [0.5, 0.6) is 0 Å². The van der Waals surface area contributed by atoms with E-state index in [1.807, 2.05) is 36.9 Å². The highest BCUT2D eigenvalue weighted by Gasteiger charge is 2.03. The minimum Gasteiger partial charge on any atom is -0.382 e. The lowest BCUT2D eigenvalue weighted by molar-refractivity contribution is 0.145. The fraction of sp³-hybridized carbons (Fsp3) is 0.471. The second kappa shape index (κ2) is 11.8. The molecule has 0 fully saturated rings. The summed E-state index contributed by atoms with van der Waals surface area (Å²) in [5.41, 5.74) is 1.09. The first-order chi connectivity index (χ1) is 11.7. The van der Waals surface area contributed by atoms with Crippen LogP contribution in [0.4, 0.5) is 0 Å². The van der Waals surface area contributed by atoms with Gasteiger partial charge < -0.3 is 15.4 Å². The molecule has 0 bridgehead atoms. The van der Waals surface area contributed by atoms with E-state index >= 15 is 0 Å². The average Bonchev–Trinajstić information content (AvgIpc) is 3.04. The summed E-state index contributed by atoms with van der Waals surface area (Å²) in [5, 5.41) is 6.55. The van der Waals surface area contributed by atoms with E-state index < -0.39 is 0 Å². The summed E-state index contributed by atoms with van der Waals surface area (Å²) in [6, 6.07) is 4.04. The molecular weight excluding hydrogens is 431 g/mol. The molecular formula is C17H27IN6O. The first-order valence-corrected chi connectivity index (χ1v) is 8.22. The number of pyridine rings is 1. The van der Waals surface area contributed by atoms with E-state index in [0.717, 1.165) is 49.3 Å². The Kier molecular flexibility index (Phi) is 10.1. The van der Waals surface area contributed by atoms with Crippen LogP contribution < -0.4 is 10.6 Å². The van der Waals surface area contributed by atoms with Crippen molar-refractivity contribution in [2.45, 2.75) is 26.8 Å². The molecule has 2 rings (SSSR count). The number of ether oxygens (including phenoxy) is 1. The fourth-order valence-electron chi connectivity index (χ4n) is 2.22. The van der Waals surface area contributed by atoms with Gasteiger partial charge in [-0.2, -0.15) is 0 Å². The Morgan fingerprint density at radius 2 is 2.12 bits per heavy atom. The van der Waals surface area contributed by atoms with Gasteiger partial charge in [-0.25, -0.2) is 9.97 Å². The zero-order valence-electron chi connectivity index (χ0n) is 15.0. The number of nitrogens with one attached hydrogen (secondary N) is 2. The van der Waals surface area contributed by atoms with Crippen LogP contribution >= 0.6 is 24.0 Å². The molecule has 0 atom stereocenters. The zero-order valence-corrected chi connectivity index (χ0v) is 17.4. The Bertz CT molecular complexity index is 641. The maximum Gasteiger partial charge on any atom is 0.191 e. The van der Waals surface area contributed by atoms with Crippen LogP contribution in [0.1, 0.15) is 24.7 Å². The quantitative estimate of drug-likeness (QED) is 0.275. The molecule has 0 saturated carbocycles. The standard InChI is InChI=1S/C17H26N6O.HI/c1-4-24-11-5-8-20-17(18-3)22-13-15-6-7-16(21-12-15)23-10-9-19-14(23)2;/h6-7,9-10,12H,4-5,8,11,13H2,1-3H3,(H2,18,20,22);1H. The topological polar surface area (TPSA) is 76.4 Å². The molecule has 0 radical (unpaired) electrons. The van der Waals surface area contributed by atoms with Gasteiger partial charge in [-0.3, -0.25) is 9.56 Å². The molecule has 0 aromatic carbocycles. The number of hydrogen-bond donors (Lipinski definition) is 2. The molecule has 0 saturated heterocycles. The van der Waals surface area contributed by atoms with Crippen LogP contribution in [0, 0.1) is 6.92 Å². The van der Waals surface area contributed by atoms with E-state index in [4.69, 9.17) is 4.74 Å². The van der Waals surface area contributed by atoms with Crippen LogP contribution in [-0.2, 0) is 11.3 Å². The van der Waals surface area contributed by atoms with E-state index in [0.29, 0.717) is 6.54 Å². The van der Waals surface area contributed by atoms with Crippen molar-refractivity contribution in [3.63, 3.8) is 0 Å². The Morgan fingerprint density at radius 3 is 2.72 bits per heavy atom. The minimum atomic E-state index is 0. The Balaban J connectivity index is 0.00000312. The molecule has 138 valence electrons. The highest BCUT2D eigenvalue weighted by molar-refractivity contribution is 14.0. The van der Waals surface area contributed by atoms with Gasteiger partial charge in [-0.05, 0) is 31.9 Å². The summed E-state index contributed by atoms with van der Waals surface area (Å²) >= 11 is 0. The van der Waals surface area contributed by atoms with E-state index in [1.54, 1.807) is 13.2 Å². The molecule has 0 amide bonds.